The maximum atomic E-state index is 12.5. The molecular formula is C20H29N5O3. The molecule has 1 saturated heterocycles. The zero-order valence-corrected chi connectivity index (χ0v) is 16.4. The molecule has 1 aromatic rings. The average molecular weight is 387 g/mol. The Balaban J connectivity index is 1.23. The van der Waals surface area contributed by atoms with Crippen molar-refractivity contribution in [2.45, 2.75) is 70.8 Å². The van der Waals surface area contributed by atoms with Crippen molar-refractivity contribution in [2.75, 3.05) is 13.1 Å². The monoisotopic (exact) mass is 387 g/mol. The molecule has 8 nitrogen and oxygen atoms in total. The van der Waals surface area contributed by atoms with E-state index in [9.17, 15) is 14.4 Å². The minimum Gasteiger partial charge on any atom is -0.356 e. The molecule has 3 heterocycles. The zero-order chi connectivity index (χ0) is 19.5. The number of aromatic nitrogens is 3. The standard InChI is InChI=1S/C20H29N5O3/c26-18(10-13-25-19(27)14-6-3-4-7-15(14)20(25)28)21-11-9-17-23-22-16-8-2-1-5-12-24(16)17/h14-15H,1-13H2,(H,21,26). The molecule has 0 spiro atoms. The maximum absolute atomic E-state index is 12.5. The number of amides is 3. The summed E-state index contributed by atoms with van der Waals surface area (Å²) in [6, 6.07) is 0. The van der Waals surface area contributed by atoms with Gasteiger partial charge >= 0.3 is 0 Å². The summed E-state index contributed by atoms with van der Waals surface area (Å²) in [5.74, 6) is 1.39. The van der Waals surface area contributed by atoms with E-state index < -0.39 is 0 Å². The number of nitrogens with zero attached hydrogens (tertiary/aromatic N) is 4. The first-order valence-corrected chi connectivity index (χ1v) is 10.7. The number of likely N-dealkylation sites (tertiary alicyclic amines) is 1. The van der Waals surface area contributed by atoms with Gasteiger partial charge in [-0.3, -0.25) is 19.3 Å². The number of hydrogen-bond acceptors (Lipinski definition) is 5. The number of fused-ring (bicyclic) bond motifs is 2. The summed E-state index contributed by atoms with van der Waals surface area (Å²) in [4.78, 5) is 38.4. The van der Waals surface area contributed by atoms with Crippen molar-refractivity contribution in [3.8, 4) is 0 Å². The van der Waals surface area contributed by atoms with Gasteiger partial charge in [-0.1, -0.05) is 19.3 Å². The quantitative estimate of drug-likeness (QED) is 0.741. The van der Waals surface area contributed by atoms with E-state index in [4.69, 9.17) is 0 Å². The van der Waals surface area contributed by atoms with E-state index in [0.717, 1.165) is 63.1 Å². The van der Waals surface area contributed by atoms with Crippen molar-refractivity contribution < 1.29 is 14.4 Å². The molecule has 2 atom stereocenters. The summed E-state index contributed by atoms with van der Waals surface area (Å²) >= 11 is 0. The molecule has 1 saturated carbocycles. The molecular weight excluding hydrogens is 358 g/mol. The van der Waals surface area contributed by atoms with Crippen LogP contribution in [0.5, 0.6) is 0 Å². The van der Waals surface area contributed by atoms with Crippen molar-refractivity contribution in [3.63, 3.8) is 0 Å². The van der Waals surface area contributed by atoms with Crippen LogP contribution in [-0.4, -0.2) is 50.5 Å². The summed E-state index contributed by atoms with van der Waals surface area (Å²) in [6.45, 7) is 1.63. The lowest BCUT2D eigenvalue weighted by atomic mass is 9.81. The third kappa shape index (κ3) is 3.82. The first kappa shape index (κ1) is 19.1. The first-order chi connectivity index (χ1) is 13.6. The Morgan fingerprint density at radius 1 is 1.00 bits per heavy atom. The van der Waals surface area contributed by atoms with Crippen LogP contribution in [-0.2, 0) is 33.8 Å². The second-order valence-corrected chi connectivity index (χ2v) is 8.17. The molecule has 8 heteroatoms. The smallest absolute Gasteiger partial charge is 0.233 e. The van der Waals surface area contributed by atoms with E-state index in [1.807, 2.05) is 0 Å². The van der Waals surface area contributed by atoms with Crippen LogP contribution < -0.4 is 5.32 Å². The highest BCUT2D eigenvalue weighted by Gasteiger charge is 2.47. The van der Waals surface area contributed by atoms with Crippen molar-refractivity contribution in [1.29, 1.82) is 0 Å². The minimum absolute atomic E-state index is 0.0753. The van der Waals surface area contributed by atoms with E-state index >= 15 is 0 Å². The highest BCUT2D eigenvalue weighted by molar-refractivity contribution is 6.05. The highest BCUT2D eigenvalue weighted by atomic mass is 16.2. The predicted octanol–water partition coefficient (Wildman–Crippen LogP) is 1.23. The minimum atomic E-state index is -0.146. The fraction of sp³-hybridized carbons (Fsp3) is 0.750. The van der Waals surface area contributed by atoms with Gasteiger partial charge in [-0.2, -0.15) is 0 Å². The normalized spacial score (nSPS) is 24.6. The molecule has 0 bridgehead atoms. The lowest BCUT2D eigenvalue weighted by Crippen LogP contribution is -2.36. The number of carbonyl (C=O) groups excluding carboxylic acids is 3. The van der Waals surface area contributed by atoms with Crippen LogP contribution >= 0.6 is 0 Å². The second-order valence-electron chi connectivity index (χ2n) is 8.17. The van der Waals surface area contributed by atoms with Crippen LogP contribution in [0, 0.1) is 11.8 Å². The molecule has 1 aliphatic carbocycles. The molecule has 4 rings (SSSR count). The van der Waals surface area contributed by atoms with E-state index in [1.54, 1.807) is 0 Å². The molecule has 1 N–H and O–H groups in total. The van der Waals surface area contributed by atoms with Crippen molar-refractivity contribution >= 4 is 17.7 Å². The van der Waals surface area contributed by atoms with Crippen LogP contribution in [0.1, 0.15) is 63.0 Å². The number of rotatable bonds is 6. The van der Waals surface area contributed by atoms with Crippen LogP contribution in [0.2, 0.25) is 0 Å². The van der Waals surface area contributed by atoms with Crippen LogP contribution in [0.3, 0.4) is 0 Å². The van der Waals surface area contributed by atoms with Gasteiger partial charge in [-0.05, 0) is 25.7 Å². The van der Waals surface area contributed by atoms with Crippen LogP contribution in [0.4, 0.5) is 0 Å². The topological polar surface area (TPSA) is 97.2 Å². The van der Waals surface area contributed by atoms with E-state index in [1.165, 1.54) is 11.3 Å². The van der Waals surface area contributed by atoms with Crippen LogP contribution in [0.15, 0.2) is 0 Å². The lowest BCUT2D eigenvalue weighted by molar-refractivity contribution is -0.140. The predicted molar refractivity (Wildman–Crippen MR) is 101 cm³/mol. The number of aryl methyl sites for hydroxylation is 1. The van der Waals surface area contributed by atoms with Gasteiger partial charge in [-0.25, -0.2) is 0 Å². The Hall–Kier alpha value is -2.25. The summed E-state index contributed by atoms with van der Waals surface area (Å²) in [5, 5.41) is 11.4. The Labute approximate surface area is 165 Å². The SMILES string of the molecule is O=C(CCN1C(=O)C2CCCCC2C1=O)NCCc1nnc2n1CCCCC2. The highest BCUT2D eigenvalue weighted by Crippen LogP contribution is 2.37. The van der Waals surface area contributed by atoms with E-state index in [0.29, 0.717) is 13.0 Å². The number of hydrogen-bond donors (Lipinski definition) is 1. The summed E-state index contributed by atoms with van der Waals surface area (Å²) in [5.41, 5.74) is 0. The van der Waals surface area contributed by atoms with Gasteiger partial charge in [0.25, 0.3) is 0 Å². The number of imide groups is 1. The third-order valence-electron chi connectivity index (χ3n) is 6.35. The molecule has 2 unspecified atom stereocenters. The number of nitrogens with one attached hydrogen (secondary N) is 1. The molecule has 152 valence electrons. The van der Waals surface area contributed by atoms with Crippen molar-refractivity contribution in [3.05, 3.63) is 11.6 Å². The zero-order valence-electron chi connectivity index (χ0n) is 16.4. The lowest BCUT2D eigenvalue weighted by Gasteiger charge is -2.19. The molecule has 3 aliphatic rings. The second kappa shape index (κ2) is 8.41. The van der Waals surface area contributed by atoms with Gasteiger partial charge in [0.2, 0.25) is 17.7 Å². The molecule has 2 aliphatic heterocycles. The molecule has 3 amide bonds. The summed E-state index contributed by atoms with van der Waals surface area (Å²) < 4.78 is 2.18. The van der Waals surface area contributed by atoms with Crippen molar-refractivity contribution in [2.24, 2.45) is 11.8 Å². The van der Waals surface area contributed by atoms with Gasteiger partial charge in [0, 0.05) is 38.9 Å². The molecule has 0 aromatic carbocycles. The van der Waals surface area contributed by atoms with Gasteiger partial charge in [0.1, 0.15) is 11.6 Å². The van der Waals surface area contributed by atoms with E-state index in [-0.39, 0.29) is 42.5 Å². The largest absolute Gasteiger partial charge is 0.356 e. The van der Waals surface area contributed by atoms with Gasteiger partial charge < -0.3 is 9.88 Å². The maximum Gasteiger partial charge on any atom is 0.233 e. The third-order valence-corrected chi connectivity index (χ3v) is 6.35. The fourth-order valence-electron chi connectivity index (χ4n) is 4.80. The van der Waals surface area contributed by atoms with Crippen molar-refractivity contribution in [1.82, 2.24) is 25.0 Å². The van der Waals surface area contributed by atoms with Crippen LogP contribution in [0.25, 0.3) is 0 Å². The van der Waals surface area contributed by atoms with Gasteiger partial charge in [0.05, 0.1) is 11.8 Å². The summed E-state index contributed by atoms with van der Waals surface area (Å²) in [6.07, 6.45) is 8.94. The molecule has 1 aromatic heterocycles. The average Bonchev–Trinajstić information content (AvgIpc) is 3.08. The first-order valence-electron chi connectivity index (χ1n) is 10.7. The number of carbonyl (C=O) groups is 3. The summed E-state index contributed by atoms with van der Waals surface area (Å²) in [7, 11) is 0. The van der Waals surface area contributed by atoms with Gasteiger partial charge in [0.15, 0.2) is 0 Å². The molecule has 28 heavy (non-hydrogen) atoms. The Morgan fingerprint density at radius 3 is 2.50 bits per heavy atom. The Bertz CT molecular complexity index is 735. The van der Waals surface area contributed by atoms with E-state index in [2.05, 4.69) is 20.1 Å². The van der Waals surface area contributed by atoms with Gasteiger partial charge in [-0.15, -0.1) is 10.2 Å². The fourth-order valence-corrected chi connectivity index (χ4v) is 4.80. The Kier molecular flexibility index (Phi) is 5.73. The molecule has 2 fully saturated rings. The Morgan fingerprint density at radius 2 is 1.75 bits per heavy atom. The molecule has 0 radical (unpaired) electrons.